The smallest absolute Gasteiger partial charge is 0.411 e. The van der Waals surface area contributed by atoms with Gasteiger partial charge in [0.05, 0.1) is 6.10 Å². The second kappa shape index (κ2) is 10.4. The van der Waals surface area contributed by atoms with Gasteiger partial charge in [0.2, 0.25) is 0 Å². The summed E-state index contributed by atoms with van der Waals surface area (Å²) in [5, 5.41) is 14.4. The molecular weight excluding hydrogens is 448 g/mol. The summed E-state index contributed by atoms with van der Waals surface area (Å²) in [5.74, 6) is -1.88. The van der Waals surface area contributed by atoms with Crippen LogP contribution in [0.2, 0.25) is 0 Å². The van der Waals surface area contributed by atoms with Crippen molar-refractivity contribution in [3.63, 3.8) is 0 Å². The molecule has 3 aromatic rings. The molecule has 180 valence electrons. The van der Waals surface area contributed by atoms with Gasteiger partial charge in [-0.05, 0) is 47.4 Å². The van der Waals surface area contributed by atoms with E-state index >= 15 is 0 Å². The van der Waals surface area contributed by atoms with Crippen LogP contribution in [0.15, 0.2) is 72.8 Å². The number of nitrogens with one attached hydrogen (secondary N) is 2. The van der Waals surface area contributed by atoms with Crippen LogP contribution in [-0.4, -0.2) is 48.9 Å². The van der Waals surface area contributed by atoms with Gasteiger partial charge < -0.3 is 19.9 Å². The number of carbonyl (C=O) groups excluding carboxylic acids is 2. The van der Waals surface area contributed by atoms with E-state index < -0.39 is 30.1 Å². The largest absolute Gasteiger partial charge is 0.480 e. The molecule has 1 aliphatic rings. The number of aliphatic carboxylic acids is 1. The zero-order valence-corrected chi connectivity index (χ0v) is 19.4. The summed E-state index contributed by atoms with van der Waals surface area (Å²) in [5.41, 5.74) is 5.03. The van der Waals surface area contributed by atoms with Gasteiger partial charge in [-0.15, -0.1) is 0 Å². The Labute approximate surface area is 202 Å². The zero-order chi connectivity index (χ0) is 24.9. The second-order valence-electron chi connectivity index (χ2n) is 8.26. The van der Waals surface area contributed by atoms with E-state index in [1.165, 1.54) is 19.2 Å². The standard InChI is InChI=1S/C27H26N2O6/c1-16(34-2)24(26(31)32)29-25(30)17-8-7-9-18(14-17)28-27(33)35-15-23-21-12-5-3-10-19(21)20-11-4-6-13-22(20)23/h3-14,16,23-24H,15H2,1-2H3,(H,28,33)(H,29,30)(H,31,32)/t16-,24+/m1/s1. The number of amides is 2. The van der Waals surface area contributed by atoms with Crippen LogP contribution < -0.4 is 10.6 Å². The number of carboxylic acid groups (broad SMARTS) is 1. The van der Waals surface area contributed by atoms with E-state index in [0.717, 1.165) is 22.3 Å². The highest BCUT2D eigenvalue weighted by Crippen LogP contribution is 2.44. The molecule has 2 atom stereocenters. The van der Waals surface area contributed by atoms with Gasteiger partial charge in [0.25, 0.3) is 5.91 Å². The number of fused-ring (bicyclic) bond motifs is 3. The summed E-state index contributed by atoms with van der Waals surface area (Å²) in [6, 6.07) is 21.1. The maximum absolute atomic E-state index is 12.6. The molecule has 35 heavy (non-hydrogen) atoms. The first kappa shape index (κ1) is 24.0. The molecule has 1 aliphatic carbocycles. The number of ether oxygens (including phenoxy) is 2. The second-order valence-corrected chi connectivity index (χ2v) is 8.26. The first-order valence-electron chi connectivity index (χ1n) is 11.2. The lowest BCUT2D eigenvalue weighted by Crippen LogP contribution is -2.48. The molecule has 2 amide bonds. The molecule has 0 aliphatic heterocycles. The molecule has 0 aromatic heterocycles. The quantitative estimate of drug-likeness (QED) is 0.449. The van der Waals surface area contributed by atoms with Crippen molar-refractivity contribution in [3.8, 4) is 11.1 Å². The lowest BCUT2D eigenvalue weighted by atomic mass is 9.98. The Morgan fingerprint density at radius 1 is 0.943 bits per heavy atom. The molecule has 3 N–H and O–H groups in total. The van der Waals surface area contributed by atoms with E-state index in [2.05, 4.69) is 22.8 Å². The van der Waals surface area contributed by atoms with E-state index in [1.807, 2.05) is 36.4 Å². The molecule has 0 radical (unpaired) electrons. The van der Waals surface area contributed by atoms with Crippen LogP contribution in [0.25, 0.3) is 11.1 Å². The minimum Gasteiger partial charge on any atom is -0.480 e. The Morgan fingerprint density at radius 2 is 1.57 bits per heavy atom. The molecule has 0 heterocycles. The van der Waals surface area contributed by atoms with Crippen molar-refractivity contribution in [2.24, 2.45) is 0 Å². The predicted molar refractivity (Wildman–Crippen MR) is 130 cm³/mol. The summed E-state index contributed by atoms with van der Waals surface area (Å²) in [6.45, 7) is 1.71. The van der Waals surface area contributed by atoms with Crippen LogP contribution in [0.1, 0.15) is 34.3 Å². The predicted octanol–water partition coefficient (Wildman–Crippen LogP) is 4.27. The van der Waals surface area contributed by atoms with Crippen molar-refractivity contribution in [3.05, 3.63) is 89.5 Å². The topological polar surface area (TPSA) is 114 Å². The average Bonchev–Trinajstić information content (AvgIpc) is 3.19. The van der Waals surface area contributed by atoms with Gasteiger partial charge in [-0.2, -0.15) is 0 Å². The van der Waals surface area contributed by atoms with E-state index in [-0.39, 0.29) is 18.1 Å². The number of methoxy groups -OCH3 is 1. The van der Waals surface area contributed by atoms with E-state index in [1.54, 1.807) is 19.1 Å². The molecule has 0 saturated heterocycles. The van der Waals surface area contributed by atoms with Gasteiger partial charge in [-0.3, -0.25) is 10.1 Å². The Morgan fingerprint density at radius 3 is 2.17 bits per heavy atom. The number of hydrogen-bond acceptors (Lipinski definition) is 5. The van der Waals surface area contributed by atoms with Crippen molar-refractivity contribution in [1.82, 2.24) is 5.32 Å². The highest BCUT2D eigenvalue weighted by Gasteiger charge is 2.29. The first-order valence-corrected chi connectivity index (χ1v) is 11.2. The molecule has 3 aromatic carbocycles. The number of hydrogen-bond donors (Lipinski definition) is 3. The highest BCUT2D eigenvalue weighted by atomic mass is 16.5. The Bertz CT molecular complexity index is 1210. The summed E-state index contributed by atoms with van der Waals surface area (Å²) in [6.07, 6.45) is -1.38. The number of rotatable bonds is 8. The summed E-state index contributed by atoms with van der Waals surface area (Å²) < 4.78 is 10.6. The minimum atomic E-state index is -1.22. The average molecular weight is 475 g/mol. The van der Waals surface area contributed by atoms with Gasteiger partial charge in [-0.25, -0.2) is 9.59 Å². The monoisotopic (exact) mass is 474 g/mol. The third kappa shape index (κ3) is 5.17. The molecule has 0 fully saturated rings. The fraction of sp³-hybridized carbons (Fsp3) is 0.222. The van der Waals surface area contributed by atoms with Crippen molar-refractivity contribution in [1.29, 1.82) is 0 Å². The number of carboxylic acids is 1. The molecule has 4 rings (SSSR count). The van der Waals surface area contributed by atoms with Crippen molar-refractivity contribution in [2.75, 3.05) is 19.0 Å². The molecule has 8 heteroatoms. The minimum absolute atomic E-state index is 0.0685. The maximum Gasteiger partial charge on any atom is 0.411 e. The Balaban J connectivity index is 1.40. The fourth-order valence-corrected chi connectivity index (χ4v) is 4.23. The lowest BCUT2D eigenvalue weighted by Gasteiger charge is -2.20. The van der Waals surface area contributed by atoms with E-state index in [9.17, 15) is 19.5 Å². The summed E-state index contributed by atoms with van der Waals surface area (Å²) >= 11 is 0. The third-order valence-corrected chi connectivity index (χ3v) is 6.11. The Kier molecular flexibility index (Phi) is 7.12. The van der Waals surface area contributed by atoms with Crippen LogP contribution in [0.3, 0.4) is 0 Å². The van der Waals surface area contributed by atoms with Gasteiger partial charge in [0, 0.05) is 24.3 Å². The van der Waals surface area contributed by atoms with Gasteiger partial charge in [-0.1, -0.05) is 54.6 Å². The van der Waals surface area contributed by atoms with Crippen LogP contribution in [0, 0.1) is 0 Å². The maximum atomic E-state index is 12.6. The number of benzene rings is 3. The van der Waals surface area contributed by atoms with Gasteiger partial charge in [0.1, 0.15) is 6.61 Å². The SMILES string of the molecule is CO[C@H](C)[C@H](NC(=O)c1cccc(NC(=O)OCC2c3ccccc3-c3ccccc32)c1)C(=O)O. The van der Waals surface area contributed by atoms with Crippen molar-refractivity contribution < 1.29 is 29.0 Å². The summed E-state index contributed by atoms with van der Waals surface area (Å²) in [7, 11) is 1.37. The van der Waals surface area contributed by atoms with Gasteiger partial charge in [0.15, 0.2) is 6.04 Å². The van der Waals surface area contributed by atoms with E-state index in [0.29, 0.717) is 5.69 Å². The number of carbonyl (C=O) groups is 3. The van der Waals surface area contributed by atoms with E-state index in [4.69, 9.17) is 9.47 Å². The van der Waals surface area contributed by atoms with Gasteiger partial charge >= 0.3 is 12.1 Å². The normalized spacial score (nSPS) is 13.8. The third-order valence-electron chi connectivity index (χ3n) is 6.11. The van der Waals surface area contributed by atoms with Crippen LogP contribution in [0.4, 0.5) is 10.5 Å². The summed E-state index contributed by atoms with van der Waals surface area (Å²) in [4.78, 5) is 36.6. The molecule has 0 bridgehead atoms. The van der Waals surface area contributed by atoms with Crippen LogP contribution >= 0.6 is 0 Å². The van der Waals surface area contributed by atoms with Crippen molar-refractivity contribution >= 4 is 23.7 Å². The lowest BCUT2D eigenvalue weighted by molar-refractivity contribution is -0.142. The molecular formula is C27H26N2O6. The molecule has 0 unspecified atom stereocenters. The number of anilines is 1. The first-order chi connectivity index (χ1) is 16.9. The zero-order valence-electron chi connectivity index (χ0n) is 19.4. The fourth-order valence-electron chi connectivity index (χ4n) is 4.23. The molecule has 0 saturated carbocycles. The highest BCUT2D eigenvalue weighted by molar-refractivity contribution is 5.98. The van der Waals surface area contributed by atoms with Crippen molar-refractivity contribution in [2.45, 2.75) is 25.0 Å². The van der Waals surface area contributed by atoms with Crippen LogP contribution in [0.5, 0.6) is 0 Å². The Hall–Kier alpha value is -4.17. The molecule has 0 spiro atoms. The molecule has 8 nitrogen and oxygen atoms in total. The van der Waals surface area contributed by atoms with Crippen LogP contribution in [-0.2, 0) is 14.3 Å².